The number of nitrogens with zero attached hydrogens (tertiary/aromatic N) is 1. The van der Waals surface area contributed by atoms with Crippen LogP contribution in [0.25, 0.3) is 0 Å². The fourth-order valence-corrected chi connectivity index (χ4v) is 2.93. The van der Waals surface area contributed by atoms with Crippen LogP contribution in [0.4, 0.5) is 5.69 Å². The minimum absolute atomic E-state index is 0. The van der Waals surface area contributed by atoms with E-state index in [2.05, 4.69) is 15.6 Å². The summed E-state index contributed by atoms with van der Waals surface area (Å²) in [7, 11) is 1.76. The van der Waals surface area contributed by atoms with E-state index >= 15 is 0 Å². The first-order valence-corrected chi connectivity index (χ1v) is 9.42. The average molecular weight is 491 g/mol. The number of hydrogen-bond donors (Lipinski definition) is 2. The largest absolute Gasteiger partial charge is 0.490 e. The van der Waals surface area contributed by atoms with Gasteiger partial charge in [-0.3, -0.25) is 4.99 Å². The van der Waals surface area contributed by atoms with Crippen molar-refractivity contribution in [3.8, 4) is 11.5 Å². The molecule has 0 radical (unpaired) electrons. The topological polar surface area (TPSA) is 73.3 Å². The molecule has 1 aromatic carbocycles. The second-order valence-corrected chi connectivity index (χ2v) is 6.37. The van der Waals surface area contributed by atoms with Crippen LogP contribution in [0.2, 0.25) is 0 Å². The first-order valence-electron chi connectivity index (χ1n) is 9.42. The SMILES string of the molecule is CN=C(NCCCOC1CCOCC1)Nc1ccc2c(c1)OCCCO2.I. The fraction of sp³-hybridized carbons (Fsp3) is 0.632. The van der Waals surface area contributed by atoms with Crippen molar-refractivity contribution in [2.24, 2.45) is 4.99 Å². The molecule has 27 heavy (non-hydrogen) atoms. The molecule has 7 nitrogen and oxygen atoms in total. The van der Waals surface area contributed by atoms with Gasteiger partial charge < -0.3 is 29.6 Å². The summed E-state index contributed by atoms with van der Waals surface area (Å²) in [5.41, 5.74) is 0.917. The van der Waals surface area contributed by atoms with Crippen molar-refractivity contribution in [3.63, 3.8) is 0 Å². The van der Waals surface area contributed by atoms with Crippen molar-refractivity contribution in [2.45, 2.75) is 31.8 Å². The van der Waals surface area contributed by atoms with Crippen molar-refractivity contribution in [3.05, 3.63) is 18.2 Å². The molecule has 0 unspecified atom stereocenters. The minimum atomic E-state index is 0. The molecule has 0 amide bonds. The van der Waals surface area contributed by atoms with Gasteiger partial charge in [-0.05, 0) is 31.4 Å². The van der Waals surface area contributed by atoms with Gasteiger partial charge in [0.1, 0.15) is 0 Å². The Morgan fingerprint density at radius 2 is 1.93 bits per heavy atom. The summed E-state index contributed by atoms with van der Waals surface area (Å²) in [4.78, 5) is 4.27. The molecule has 0 atom stereocenters. The molecule has 0 aromatic heterocycles. The zero-order valence-electron chi connectivity index (χ0n) is 15.9. The van der Waals surface area contributed by atoms with Gasteiger partial charge in [0.25, 0.3) is 0 Å². The predicted octanol–water partition coefficient (Wildman–Crippen LogP) is 3.04. The summed E-state index contributed by atoms with van der Waals surface area (Å²) in [5, 5.41) is 6.60. The monoisotopic (exact) mass is 491 g/mol. The van der Waals surface area contributed by atoms with Crippen molar-refractivity contribution in [1.29, 1.82) is 0 Å². The molecule has 1 saturated heterocycles. The lowest BCUT2D eigenvalue weighted by molar-refractivity contribution is -0.0320. The van der Waals surface area contributed by atoms with Crippen LogP contribution in [-0.4, -0.2) is 58.7 Å². The average Bonchev–Trinajstić information content (AvgIpc) is 2.92. The first-order chi connectivity index (χ1) is 12.8. The quantitative estimate of drug-likeness (QED) is 0.276. The maximum Gasteiger partial charge on any atom is 0.195 e. The number of benzene rings is 1. The highest BCUT2D eigenvalue weighted by Crippen LogP contribution is 2.32. The number of hydrogen-bond acceptors (Lipinski definition) is 5. The molecule has 2 N–H and O–H groups in total. The highest BCUT2D eigenvalue weighted by molar-refractivity contribution is 14.0. The summed E-state index contributed by atoms with van der Waals surface area (Å²) in [6, 6.07) is 5.84. The molecule has 8 heteroatoms. The number of aliphatic imine (C=N–C) groups is 1. The van der Waals surface area contributed by atoms with Crippen molar-refractivity contribution < 1.29 is 18.9 Å². The van der Waals surface area contributed by atoms with Crippen LogP contribution in [0, 0.1) is 0 Å². The minimum Gasteiger partial charge on any atom is -0.490 e. The number of halogens is 1. The second-order valence-electron chi connectivity index (χ2n) is 6.37. The second kappa shape index (κ2) is 12.2. The van der Waals surface area contributed by atoms with Crippen LogP contribution in [0.5, 0.6) is 11.5 Å². The molecule has 152 valence electrons. The molecule has 2 aliphatic heterocycles. The summed E-state index contributed by atoms with van der Waals surface area (Å²) in [6.07, 6.45) is 4.18. The Labute approximate surface area is 178 Å². The number of nitrogens with one attached hydrogen (secondary N) is 2. The van der Waals surface area contributed by atoms with Crippen LogP contribution >= 0.6 is 24.0 Å². The highest BCUT2D eigenvalue weighted by atomic mass is 127. The lowest BCUT2D eigenvalue weighted by atomic mass is 10.1. The molecule has 0 spiro atoms. The molecule has 3 rings (SSSR count). The standard InChI is InChI=1S/C19H29N3O4.HI/c1-20-19(21-8-2-9-24-16-6-12-23-13-7-16)22-15-4-5-17-18(14-15)26-11-3-10-25-17;/h4-5,14,16H,2-3,6-13H2,1H3,(H2,20,21,22);1H. The third-order valence-corrected chi connectivity index (χ3v) is 4.37. The van der Waals surface area contributed by atoms with Crippen molar-refractivity contribution >= 4 is 35.6 Å². The molecule has 0 aliphatic carbocycles. The van der Waals surface area contributed by atoms with Gasteiger partial charge in [0.2, 0.25) is 0 Å². The Bertz CT molecular complexity index is 594. The lowest BCUT2D eigenvalue weighted by Gasteiger charge is -2.22. The van der Waals surface area contributed by atoms with E-state index in [4.69, 9.17) is 18.9 Å². The van der Waals surface area contributed by atoms with Gasteiger partial charge in [0.05, 0.1) is 19.3 Å². The zero-order valence-corrected chi connectivity index (χ0v) is 18.2. The Morgan fingerprint density at radius 1 is 1.15 bits per heavy atom. The van der Waals surface area contributed by atoms with E-state index in [1.807, 2.05) is 18.2 Å². The molecule has 0 saturated carbocycles. The van der Waals surface area contributed by atoms with Gasteiger partial charge in [0, 0.05) is 51.6 Å². The number of guanidine groups is 1. The van der Waals surface area contributed by atoms with Crippen LogP contribution in [-0.2, 0) is 9.47 Å². The van der Waals surface area contributed by atoms with Gasteiger partial charge in [-0.2, -0.15) is 0 Å². The summed E-state index contributed by atoms with van der Waals surface area (Å²) < 4.78 is 22.6. The Morgan fingerprint density at radius 3 is 2.70 bits per heavy atom. The molecular weight excluding hydrogens is 461 g/mol. The highest BCUT2D eigenvalue weighted by Gasteiger charge is 2.14. The molecule has 2 heterocycles. The lowest BCUT2D eigenvalue weighted by Crippen LogP contribution is -2.32. The summed E-state index contributed by atoms with van der Waals surface area (Å²) >= 11 is 0. The number of anilines is 1. The molecule has 2 aliphatic rings. The van der Waals surface area contributed by atoms with E-state index in [9.17, 15) is 0 Å². The van der Waals surface area contributed by atoms with E-state index < -0.39 is 0 Å². The van der Waals surface area contributed by atoms with Gasteiger partial charge in [-0.1, -0.05) is 0 Å². The predicted molar refractivity (Wildman–Crippen MR) is 117 cm³/mol. The first kappa shape index (κ1) is 22.0. The Kier molecular flexibility index (Phi) is 10.00. The third-order valence-electron chi connectivity index (χ3n) is 4.37. The zero-order chi connectivity index (χ0) is 18.0. The third kappa shape index (κ3) is 7.34. The van der Waals surface area contributed by atoms with Crippen molar-refractivity contribution in [1.82, 2.24) is 5.32 Å². The van der Waals surface area contributed by atoms with E-state index in [0.717, 1.165) is 75.2 Å². The van der Waals surface area contributed by atoms with E-state index in [1.54, 1.807) is 7.05 Å². The smallest absolute Gasteiger partial charge is 0.195 e. The van der Waals surface area contributed by atoms with Gasteiger partial charge in [0.15, 0.2) is 17.5 Å². The molecular formula is C19H30IN3O4. The van der Waals surface area contributed by atoms with E-state index in [1.165, 1.54) is 0 Å². The number of ether oxygens (including phenoxy) is 4. The van der Waals surface area contributed by atoms with Crippen molar-refractivity contribution in [2.75, 3.05) is 51.9 Å². The van der Waals surface area contributed by atoms with Crippen LogP contribution in [0.3, 0.4) is 0 Å². The maximum absolute atomic E-state index is 5.88. The summed E-state index contributed by atoms with van der Waals surface area (Å²) in [6.45, 7) is 4.55. The van der Waals surface area contributed by atoms with Gasteiger partial charge in [-0.15, -0.1) is 24.0 Å². The maximum atomic E-state index is 5.88. The van der Waals surface area contributed by atoms with Crippen LogP contribution in [0.15, 0.2) is 23.2 Å². The van der Waals surface area contributed by atoms with Crippen LogP contribution in [0.1, 0.15) is 25.7 Å². The van der Waals surface area contributed by atoms with E-state index in [-0.39, 0.29) is 24.0 Å². The summed E-state index contributed by atoms with van der Waals surface area (Å²) in [5.74, 6) is 2.29. The van der Waals surface area contributed by atoms with E-state index in [0.29, 0.717) is 19.3 Å². The molecule has 0 bridgehead atoms. The van der Waals surface area contributed by atoms with Gasteiger partial charge in [-0.25, -0.2) is 0 Å². The normalized spacial score (nSPS) is 17.6. The molecule has 1 fully saturated rings. The van der Waals surface area contributed by atoms with Gasteiger partial charge >= 0.3 is 0 Å². The number of fused-ring (bicyclic) bond motifs is 1. The van der Waals surface area contributed by atoms with Crippen LogP contribution < -0.4 is 20.1 Å². The Hall–Kier alpha value is -1.26. The Balaban J connectivity index is 0.00000261. The fourth-order valence-electron chi connectivity index (χ4n) is 2.93. The number of rotatable bonds is 6. The molecule has 1 aromatic rings.